The highest BCUT2D eigenvalue weighted by molar-refractivity contribution is 6.31. The van der Waals surface area contributed by atoms with E-state index in [0.29, 0.717) is 30.2 Å². The van der Waals surface area contributed by atoms with Crippen LogP contribution in [0.3, 0.4) is 0 Å². The van der Waals surface area contributed by atoms with Crippen molar-refractivity contribution in [2.75, 3.05) is 13.6 Å². The van der Waals surface area contributed by atoms with Crippen LogP contribution in [0.5, 0.6) is 0 Å². The van der Waals surface area contributed by atoms with Gasteiger partial charge in [-0.1, -0.05) is 41.9 Å². The van der Waals surface area contributed by atoms with Crippen molar-refractivity contribution in [2.24, 2.45) is 0 Å². The lowest BCUT2D eigenvalue weighted by atomic mass is 10.1. The van der Waals surface area contributed by atoms with Gasteiger partial charge in [0.25, 0.3) is 0 Å². The summed E-state index contributed by atoms with van der Waals surface area (Å²) in [5.41, 5.74) is 0.993. The molecule has 1 heterocycles. The second-order valence-electron chi connectivity index (χ2n) is 5.04. The molecule has 0 aliphatic rings. The van der Waals surface area contributed by atoms with E-state index in [4.69, 9.17) is 11.6 Å². The number of halogens is 1. The fraction of sp³-hybridized carbons (Fsp3) is 0.429. The largest absolute Gasteiger partial charge is 0.345 e. The lowest BCUT2D eigenvalue weighted by molar-refractivity contribution is -0.130. The van der Waals surface area contributed by atoms with Crippen molar-refractivity contribution < 1.29 is 4.79 Å². The maximum atomic E-state index is 12.2. The van der Waals surface area contributed by atoms with Crippen molar-refractivity contribution in [3.63, 3.8) is 0 Å². The fourth-order valence-corrected chi connectivity index (χ4v) is 2.34. The Bertz CT molecular complexity index is 587. The first-order valence-electron chi connectivity index (χ1n) is 6.78. The van der Waals surface area contributed by atoms with E-state index in [-0.39, 0.29) is 11.8 Å². The zero-order valence-corrected chi connectivity index (χ0v) is 12.8. The van der Waals surface area contributed by atoms with E-state index in [1.54, 1.807) is 11.9 Å². The molecular weight excluding hydrogens is 290 g/mol. The normalized spacial score (nSPS) is 12.1. The highest BCUT2D eigenvalue weighted by atomic mass is 35.5. The number of H-pyrrole nitrogens is 1. The van der Waals surface area contributed by atoms with E-state index in [9.17, 15) is 4.79 Å². The summed E-state index contributed by atoms with van der Waals surface area (Å²) in [5, 5.41) is 14.5. The van der Waals surface area contributed by atoms with Crippen LogP contribution in [-0.2, 0) is 11.2 Å². The molecule has 0 saturated carbocycles. The van der Waals surface area contributed by atoms with Gasteiger partial charge < -0.3 is 4.90 Å². The molecule has 0 radical (unpaired) electrons. The van der Waals surface area contributed by atoms with Crippen LogP contribution < -0.4 is 0 Å². The predicted octanol–water partition coefficient (Wildman–Crippen LogP) is 2.05. The monoisotopic (exact) mass is 307 g/mol. The number of carbonyl (C=O) groups is 1. The number of nitrogens with one attached hydrogen (secondary N) is 1. The molecular formula is C14H18ClN5O. The maximum Gasteiger partial charge on any atom is 0.222 e. The first-order valence-corrected chi connectivity index (χ1v) is 7.16. The van der Waals surface area contributed by atoms with Gasteiger partial charge in [0.2, 0.25) is 5.91 Å². The predicted molar refractivity (Wildman–Crippen MR) is 80.0 cm³/mol. The van der Waals surface area contributed by atoms with Gasteiger partial charge in [-0.3, -0.25) is 4.79 Å². The second kappa shape index (κ2) is 7.17. The van der Waals surface area contributed by atoms with Crippen LogP contribution in [0, 0.1) is 0 Å². The number of benzene rings is 1. The van der Waals surface area contributed by atoms with Crippen LogP contribution in [0.25, 0.3) is 0 Å². The number of hydrogen-bond acceptors (Lipinski definition) is 4. The van der Waals surface area contributed by atoms with Crippen LogP contribution >= 0.6 is 11.6 Å². The Kier molecular flexibility index (Phi) is 5.27. The summed E-state index contributed by atoms with van der Waals surface area (Å²) >= 11 is 6.09. The van der Waals surface area contributed by atoms with Crippen LogP contribution in [0.15, 0.2) is 24.3 Å². The Morgan fingerprint density at radius 2 is 2.19 bits per heavy atom. The van der Waals surface area contributed by atoms with Gasteiger partial charge in [-0.25, -0.2) is 0 Å². The van der Waals surface area contributed by atoms with E-state index in [1.807, 2.05) is 31.2 Å². The van der Waals surface area contributed by atoms with Crippen molar-refractivity contribution >= 4 is 17.5 Å². The van der Waals surface area contributed by atoms with E-state index in [1.165, 1.54) is 0 Å². The minimum atomic E-state index is 0.0398. The molecule has 6 nitrogen and oxygen atoms in total. The van der Waals surface area contributed by atoms with Gasteiger partial charge in [-0.05, 0) is 18.1 Å². The van der Waals surface area contributed by atoms with Crippen LogP contribution in [-0.4, -0.2) is 45.0 Å². The molecule has 0 spiro atoms. The molecule has 0 aliphatic heterocycles. The Morgan fingerprint density at radius 1 is 1.43 bits per heavy atom. The third kappa shape index (κ3) is 4.26. The molecule has 1 amide bonds. The Hall–Kier alpha value is -1.95. The number of amides is 1. The first kappa shape index (κ1) is 15.4. The minimum absolute atomic E-state index is 0.0398. The number of carbonyl (C=O) groups excluding carboxylic acids is 1. The Morgan fingerprint density at radius 3 is 2.86 bits per heavy atom. The molecule has 0 saturated heterocycles. The van der Waals surface area contributed by atoms with Crippen molar-refractivity contribution in [1.29, 1.82) is 0 Å². The molecule has 1 aromatic carbocycles. The second-order valence-corrected chi connectivity index (χ2v) is 5.44. The van der Waals surface area contributed by atoms with Crippen molar-refractivity contribution in [3.05, 3.63) is 40.7 Å². The first-order chi connectivity index (χ1) is 10.1. The van der Waals surface area contributed by atoms with Crippen LogP contribution in [0.2, 0.25) is 5.02 Å². The van der Waals surface area contributed by atoms with E-state index < -0.39 is 0 Å². The number of aryl methyl sites for hydroxylation is 1. The molecule has 0 aliphatic carbocycles. The number of hydrogen-bond donors (Lipinski definition) is 1. The highest BCUT2D eigenvalue weighted by Crippen LogP contribution is 2.17. The number of aromatic amines is 1. The van der Waals surface area contributed by atoms with Gasteiger partial charge in [0.1, 0.15) is 0 Å². The lowest BCUT2D eigenvalue weighted by Gasteiger charge is -2.20. The topological polar surface area (TPSA) is 74.8 Å². The minimum Gasteiger partial charge on any atom is -0.345 e. The van der Waals surface area contributed by atoms with Crippen molar-refractivity contribution in [2.45, 2.75) is 25.7 Å². The van der Waals surface area contributed by atoms with Gasteiger partial charge in [0, 0.05) is 31.0 Å². The van der Waals surface area contributed by atoms with Crippen molar-refractivity contribution in [3.8, 4) is 0 Å². The fourth-order valence-electron chi connectivity index (χ4n) is 2.11. The third-order valence-corrected chi connectivity index (χ3v) is 3.71. The smallest absolute Gasteiger partial charge is 0.222 e. The molecule has 1 unspecified atom stereocenters. The number of nitrogens with zero attached hydrogens (tertiary/aromatic N) is 4. The quantitative estimate of drug-likeness (QED) is 0.886. The summed E-state index contributed by atoms with van der Waals surface area (Å²) in [5.74, 6) is 0.726. The highest BCUT2D eigenvalue weighted by Gasteiger charge is 2.16. The molecule has 0 fully saturated rings. The van der Waals surface area contributed by atoms with E-state index in [2.05, 4.69) is 20.6 Å². The molecule has 0 bridgehead atoms. The van der Waals surface area contributed by atoms with Gasteiger partial charge in [0.05, 0.1) is 0 Å². The lowest BCUT2D eigenvalue weighted by Crippen LogP contribution is -2.30. The Balaban J connectivity index is 1.84. The molecule has 7 heteroatoms. The van der Waals surface area contributed by atoms with Gasteiger partial charge >= 0.3 is 0 Å². The zero-order valence-electron chi connectivity index (χ0n) is 12.1. The third-order valence-electron chi connectivity index (χ3n) is 3.34. The number of tetrazole rings is 1. The molecule has 112 valence electrons. The molecule has 1 aromatic heterocycles. The molecule has 2 aromatic rings. The van der Waals surface area contributed by atoms with Gasteiger partial charge in [-0.2, -0.15) is 5.21 Å². The van der Waals surface area contributed by atoms with Crippen LogP contribution in [0.4, 0.5) is 0 Å². The molecule has 2 rings (SSSR count). The van der Waals surface area contributed by atoms with Crippen molar-refractivity contribution in [1.82, 2.24) is 25.5 Å². The molecule has 21 heavy (non-hydrogen) atoms. The van der Waals surface area contributed by atoms with Gasteiger partial charge in [-0.15, -0.1) is 10.2 Å². The van der Waals surface area contributed by atoms with E-state index in [0.717, 1.165) is 5.56 Å². The molecule has 1 atom stereocenters. The summed E-state index contributed by atoms with van der Waals surface area (Å²) < 4.78 is 0. The standard InChI is InChI=1S/C14H18ClN5O/c1-10(14-16-18-19-17-14)9-20(2)13(21)8-7-11-5-3-4-6-12(11)15/h3-6,10H,7-9H2,1-2H3,(H,16,17,18,19). The number of rotatable bonds is 6. The molecule has 1 N–H and O–H groups in total. The van der Waals surface area contributed by atoms with E-state index >= 15 is 0 Å². The van der Waals surface area contributed by atoms with Gasteiger partial charge in [0.15, 0.2) is 5.82 Å². The summed E-state index contributed by atoms with van der Waals surface area (Å²) in [6, 6.07) is 7.58. The average molecular weight is 308 g/mol. The summed E-state index contributed by atoms with van der Waals surface area (Å²) in [7, 11) is 1.78. The average Bonchev–Trinajstić information content (AvgIpc) is 3.00. The SMILES string of the molecule is CC(CN(C)C(=O)CCc1ccccc1Cl)c1nn[nH]n1. The summed E-state index contributed by atoms with van der Waals surface area (Å²) in [6.45, 7) is 2.52. The summed E-state index contributed by atoms with van der Waals surface area (Å²) in [4.78, 5) is 13.8. The number of aromatic nitrogens is 4. The number of likely N-dealkylation sites (N-methyl/N-ethyl adjacent to an activating group) is 1. The zero-order chi connectivity index (χ0) is 15.2. The van der Waals surface area contributed by atoms with Crippen LogP contribution in [0.1, 0.15) is 30.7 Å². The Labute approximate surface area is 128 Å². The maximum absolute atomic E-state index is 12.2. The summed E-state index contributed by atoms with van der Waals surface area (Å²) in [6.07, 6.45) is 1.07.